The van der Waals surface area contributed by atoms with Crippen molar-refractivity contribution in [3.63, 3.8) is 0 Å². The third-order valence-electron chi connectivity index (χ3n) is 0.553. The summed E-state index contributed by atoms with van der Waals surface area (Å²) in [4.78, 5) is 0. The van der Waals surface area contributed by atoms with Gasteiger partial charge in [-0.05, 0) is 6.42 Å². The molecule has 0 bridgehead atoms. The van der Waals surface area contributed by atoms with Crippen molar-refractivity contribution in [2.75, 3.05) is 6.61 Å². The fraction of sp³-hybridized carbons (Fsp3) is 0.600. The van der Waals surface area contributed by atoms with Crippen molar-refractivity contribution in [3.8, 4) is 0 Å². The summed E-state index contributed by atoms with van der Waals surface area (Å²) in [6.45, 7) is 6.56. The molecule has 42 valence electrons. The van der Waals surface area contributed by atoms with E-state index in [9.17, 15) is 0 Å². The Kier molecular flexibility index (Phi) is 3.79. The Morgan fingerprint density at radius 3 is 2.57 bits per heavy atom. The van der Waals surface area contributed by atoms with Crippen LogP contribution in [0.5, 0.6) is 0 Å². The van der Waals surface area contributed by atoms with Crippen molar-refractivity contribution in [2.45, 2.75) is 13.3 Å². The lowest BCUT2D eigenvalue weighted by Crippen LogP contribution is -1.89. The molecule has 1 nitrogen and oxygen atoms in total. The minimum Gasteiger partial charge on any atom is -0.505 e. The van der Waals surface area contributed by atoms with Crippen LogP contribution in [0.25, 0.3) is 0 Å². The molecule has 0 aromatic heterocycles. The molecule has 0 heterocycles. The van der Waals surface area contributed by atoms with Gasteiger partial charge < -0.3 is 4.74 Å². The lowest BCUT2D eigenvalue weighted by Gasteiger charge is -1.99. The van der Waals surface area contributed by atoms with E-state index in [1.54, 1.807) is 0 Å². The molecule has 2 heteroatoms. The normalized spacial score (nSPS) is 8.71. The standard InChI is InChI=1S/C5H12OSi/c1-3-4-6-5(2)7/h2-4H2,1,7H3. The van der Waals surface area contributed by atoms with Gasteiger partial charge in [-0.2, -0.15) is 0 Å². The number of rotatable bonds is 3. The molecule has 0 amide bonds. The predicted octanol–water partition coefficient (Wildman–Crippen LogP) is 0.250. The predicted molar refractivity (Wildman–Crippen MR) is 35.3 cm³/mol. The van der Waals surface area contributed by atoms with E-state index in [0.717, 1.165) is 28.7 Å². The first-order valence-electron chi connectivity index (χ1n) is 2.55. The molecule has 7 heavy (non-hydrogen) atoms. The van der Waals surface area contributed by atoms with Gasteiger partial charge in [-0.3, -0.25) is 0 Å². The molecule has 0 saturated carbocycles. The first-order valence-corrected chi connectivity index (χ1v) is 3.55. The smallest absolute Gasteiger partial charge is 0.0867 e. The highest BCUT2D eigenvalue weighted by atomic mass is 28.1. The molecule has 0 rings (SSSR count). The minimum absolute atomic E-state index is 0.836. The molecule has 0 spiro atoms. The summed E-state index contributed by atoms with van der Waals surface area (Å²) < 4.78 is 5.06. The van der Waals surface area contributed by atoms with Crippen molar-refractivity contribution in [3.05, 3.63) is 12.0 Å². The number of hydrogen-bond donors (Lipinski definition) is 0. The van der Waals surface area contributed by atoms with E-state index in [1.807, 2.05) is 0 Å². The van der Waals surface area contributed by atoms with Crippen LogP contribution in [-0.2, 0) is 4.74 Å². The molecule has 0 saturated heterocycles. The molecule has 0 radical (unpaired) electrons. The number of hydrogen-bond acceptors (Lipinski definition) is 1. The van der Waals surface area contributed by atoms with Crippen molar-refractivity contribution < 1.29 is 4.74 Å². The Morgan fingerprint density at radius 1 is 1.86 bits per heavy atom. The van der Waals surface area contributed by atoms with Gasteiger partial charge in [0.2, 0.25) is 0 Å². The van der Waals surface area contributed by atoms with Crippen LogP contribution >= 0.6 is 0 Å². The van der Waals surface area contributed by atoms with Crippen LogP contribution in [0.1, 0.15) is 13.3 Å². The molecule has 0 aliphatic heterocycles. The van der Waals surface area contributed by atoms with Gasteiger partial charge in [0.15, 0.2) is 0 Å². The Labute approximate surface area is 47.8 Å². The van der Waals surface area contributed by atoms with Crippen molar-refractivity contribution in [1.29, 1.82) is 0 Å². The molecule has 0 fully saturated rings. The molecule has 0 atom stereocenters. The van der Waals surface area contributed by atoms with Crippen LogP contribution in [-0.4, -0.2) is 16.8 Å². The second kappa shape index (κ2) is 3.93. The van der Waals surface area contributed by atoms with Gasteiger partial charge in [0.05, 0.1) is 22.2 Å². The van der Waals surface area contributed by atoms with Crippen molar-refractivity contribution in [1.82, 2.24) is 0 Å². The molecule has 0 N–H and O–H groups in total. The van der Waals surface area contributed by atoms with E-state index in [1.165, 1.54) is 0 Å². The van der Waals surface area contributed by atoms with Crippen LogP contribution in [0.15, 0.2) is 12.0 Å². The maximum atomic E-state index is 5.06. The van der Waals surface area contributed by atoms with Crippen molar-refractivity contribution >= 4 is 10.2 Å². The van der Waals surface area contributed by atoms with E-state index in [4.69, 9.17) is 4.74 Å². The third kappa shape index (κ3) is 5.76. The lowest BCUT2D eigenvalue weighted by molar-refractivity contribution is 0.238. The Balaban J connectivity index is 2.82. The van der Waals surface area contributed by atoms with E-state index < -0.39 is 0 Å². The molecule has 0 aromatic carbocycles. The topological polar surface area (TPSA) is 9.23 Å². The summed E-state index contributed by atoms with van der Waals surface area (Å²) in [5, 5.41) is 0.946. The maximum absolute atomic E-state index is 5.06. The van der Waals surface area contributed by atoms with Gasteiger partial charge in [0, 0.05) is 0 Å². The quantitative estimate of drug-likeness (QED) is 0.379. The first kappa shape index (κ1) is 6.76. The number of ether oxygens (including phenoxy) is 1. The van der Waals surface area contributed by atoms with Crippen LogP contribution in [0.3, 0.4) is 0 Å². The second-order valence-electron chi connectivity index (χ2n) is 1.55. The first-order chi connectivity index (χ1) is 3.27. The Bertz CT molecular complexity index is 61.1. The largest absolute Gasteiger partial charge is 0.505 e. The molecule has 0 aliphatic rings. The molecular weight excluding hydrogens is 104 g/mol. The fourth-order valence-corrected chi connectivity index (χ4v) is 0.480. The monoisotopic (exact) mass is 116 g/mol. The molecule has 0 aliphatic carbocycles. The van der Waals surface area contributed by atoms with Gasteiger partial charge in [-0.15, -0.1) is 0 Å². The molecule has 0 unspecified atom stereocenters. The molecule has 0 aromatic rings. The van der Waals surface area contributed by atoms with Gasteiger partial charge in [0.25, 0.3) is 0 Å². The maximum Gasteiger partial charge on any atom is 0.0867 e. The summed E-state index contributed by atoms with van der Waals surface area (Å²) in [7, 11) is 0.967. The summed E-state index contributed by atoms with van der Waals surface area (Å²) in [6.07, 6.45) is 1.08. The second-order valence-corrected chi connectivity index (χ2v) is 2.67. The van der Waals surface area contributed by atoms with Gasteiger partial charge in [0.1, 0.15) is 0 Å². The average molecular weight is 116 g/mol. The van der Waals surface area contributed by atoms with Crippen LogP contribution in [0.4, 0.5) is 0 Å². The lowest BCUT2D eigenvalue weighted by atomic mass is 10.5. The minimum atomic E-state index is 0.836. The zero-order chi connectivity index (χ0) is 5.70. The Morgan fingerprint density at radius 2 is 2.43 bits per heavy atom. The van der Waals surface area contributed by atoms with E-state index >= 15 is 0 Å². The summed E-state index contributed by atoms with van der Waals surface area (Å²) >= 11 is 0. The van der Waals surface area contributed by atoms with Gasteiger partial charge in [-0.25, -0.2) is 0 Å². The average Bonchev–Trinajstić information content (AvgIpc) is 1.61. The van der Waals surface area contributed by atoms with E-state index in [0.29, 0.717) is 0 Å². The fourth-order valence-electron chi connectivity index (χ4n) is 0.276. The summed E-state index contributed by atoms with van der Waals surface area (Å²) in [6, 6.07) is 0. The highest BCUT2D eigenvalue weighted by Gasteiger charge is 1.78. The molecular formula is C5H12OSi. The van der Waals surface area contributed by atoms with Crippen LogP contribution in [0, 0.1) is 0 Å². The zero-order valence-electron chi connectivity index (χ0n) is 5.03. The third-order valence-corrected chi connectivity index (χ3v) is 0.841. The van der Waals surface area contributed by atoms with Crippen LogP contribution < -0.4 is 0 Å². The van der Waals surface area contributed by atoms with Crippen molar-refractivity contribution in [2.24, 2.45) is 0 Å². The summed E-state index contributed by atoms with van der Waals surface area (Å²) in [5.41, 5.74) is 0. The van der Waals surface area contributed by atoms with E-state index in [2.05, 4.69) is 13.5 Å². The van der Waals surface area contributed by atoms with Gasteiger partial charge >= 0.3 is 0 Å². The SMILES string of the molecule is C=C([SiH3])OCCC. The Hall–Kier alpha value is -0.243. The van der Waals surface area contributed by atoms with E-state index in [-0.39, 0.29) is 0 Å². The highest BCUT2D eigenvalue weighted by Crippen LogP contribution is 1.85. The van der Waals surface area contributed by atoms with Crippen LogP contribution in [0.2, 0.25) is 0 Å². The van der Waals surface area contributed by atoms with Gasteiger partial charge in [-0.1, -0.05) is 13.5 Å². The summed E-state index contributed by atoms with van der Waals surface area (Å²) in [5.74, 6) is 0. The highest BCUT2D eigenvalue weighted by molar-refractivity contribution is 6.19. The zero-order valence-corrected chi connectivity index (χ0v) is 7.03.